The topological polar surface area (TPSA) is 65.5 Å². The van der Waals surface area contributed by atoms with Crippen LogP contribution in [0.1, 0.15) is 33.5 Å². The fourth-order valence-electron chi connectivity index (χ4n) is 3.93. The van der Waals surface area contributed by atoms with Gasteiger partial charge in [-0.05, 0) is 72.4 Å². The van der Waals surface area contributed by atoms with Crippen LogP contribution in [0.4, 0.5) is 24.7 Å². The molecule has 0 radical (unpaired) electrons. The Bertz CT molecular complexity index is 1130. The quantitative estimate of drug-likeness (QED) is 0.431. The Hall–Kier alpha value is -3.39. The molecule has 1 aliphatic rings. The number of fused-ring (bicyclic) bond motifs is 1. The lowest BCUT2D eigenvalue weighted by Gasteiger charge is -2.19. The summed E-state index contributed by atoms with van der Waals surface area (Å²) < 4.78 is 40.3. The van der Waals surface area contributed by atoms with Gasteiger partial charge in [0.25, 0.3) is 5.91 Å². The van der Waals surface area contributed by atoms with Crippen LogP contribution in [-0.2, 0) is 12.8 Å². The van der Waals surface area contributed by atoms with Crippen LogP contribution in [-0.4, -0.2) is 35.7 Å². The number of aliphatic hydroxyl groups excluding tert-OH is 1. The van der Waals surface area contributed by atoms with E-state index in [2.05, 4.69) is 10.3 Å². The lowest BCUT2D eigenvalue weighted by Crippen LogP contribution is -2.25. The molecule has 2 N–H and O–H groups in total. The number of carbonyl (C=O) groups excluding carboxylic acids is 1. The number of hydrogen-bond acceptors (Lipinski definition) is 4. The summed E-state index contributed by atoms with van der Waals surface area (Å²) in [6.07, 6.45) is 2.99. The molecule has 0 unspecified atom stereocenters. The summed E-state index contributed by atoms with van der Waals surface area (Å²) in [5, 5.41) is 11.7. The maximum Gasteiger partial charge on any atom is 0.251 e. The molecule has 0 saturated carbocycles. The van der Waals surface area contributed by atoms with Crippen molar-refractivity contribution in [3.05, 3.63) is 88.4 Å². The minimum atomic E-state index is -1.48. The standard InChI is InChI=1S/C24H22F3N3O2/c25-19-12-16(13-20(26)23(19)27)11-15-5-8-28-22(14-15)30-9-6-17-18(3-1-4-21(17)30)24(32)29-7-2-10-31/h1,3-5,8,12-14,31H,2,6-7,9-11H2,(H,29,32). The monoisotopic (exact) mass is 441 g/mol. The first kappa shape index (κ1) is 21.8. The van der Waals surface area contributed by atoms with E-state index in [1.165, 1.54) is 0 Å². The maximum absolute atomic E-state index is 13.6. The number of carbonyl (C=O) groups is 1. The normalized spacial score (nSPS) is 12.7. The van der Waals surface area contributed by atoms with Gasteiger partial charge in [0.2, 0.25) is 0 Å². The van der Waals surface area contributed by atoms with Gasteiger partial charge in [-0.3, -0.25) is 4.79 Å². The molecule has 0 bridgehead atoms. The lowest BCUT2D eigenvalue weighted by atomic mass is 10.0. The number of amides is 1. The van der Waals surface area contributed by atoms with Crippen molar-refractivity contribution < 1.29 is 23.1 Å². The molecule has 5 nitrogen and oxygen atoms in total. The number of hydrogen-bond donors (Lipinski definition) is 2. The lowest BCUT2D eigenvalue weighted by molar-refractivity contribution is 0.0950. The van der Waals surface area contributed by atoms with Gasteiger partial charge in [-0.2, -0.15) is 0 Å². The van der Waals surface area contributed by atoms with Gasteiger partial charge in [-0.15, -0.1) is 0 Å². The molecular weight excluding hydrogens is 419 g/mol. The number of benzene rings is 2. The van der Waals surface area contributed by atoms with Gasteiger partial charge < -0.3 is 15.3 Å². The predicted molar refractivity (Wildman–Crippen MR) is 115 cm³/mol. The van der Waals surface area contributed by atoms with Crippen molar-refractivity contribution in [1.82, 2.24) is 10.3 Å². The Morgan fingerprint density at radius 3 is 2.62 bits per heavy atom. The third-order valence-electron chi connectivity index (χ3n) is 5.43. The molecule has 2 heterocycles. The fraction of sp³-hybridized carbons (Fsp3) is 0.250. The summed E-state index contributed by atoms with van der Waals surface area (Å²) in [7, 11) is 0. The van der Waals surface area contributed by atoms with E-state index in [0.717, 1.165) is 28.9 Å². The van der Waals surface area contributed by atoms with E-state index >= 15 is 0 Å². The van der Waals surface area contributed by atoms with Crippen LogP contribution in [0.3, 0.4) is 0 Å². The van der Waals surface area contributed by atoms with Crippen molar-refractivity contribution in [2.45, 2.75) is 19.3 Å². The van der Waals surface area contributed by atoms with Crippen molar-refractivity contribution in [1.29, 1.82) is 0 Å². The van der Waals surface area contributed by atoms with E-state index in [1.807, 2.05) is 23.1 Å². The predicted octanol–water partition coefficient (Wildman–Crippen LogP) is 3.90. The number of halogens is 3. The third kappa shape index (κ3) is 4.45. The summed E-state index contributed by atoms with van der Waals surface area (Å²) in [5.74, 6) is -3.43. The third-order valence-corrected chi connectivity index (χ3v) is 5.43. The van der Waals surface area contributed by atoms with Crippen LogP contribution < -0.4 is 10.2 Å². The molecule has 0 fully saturated rings. The first-order valence-electron chi connectivity index (χ1n) is 10.3. The Morgan fingerprint density at radius 1 is 1.09 bits per heavy atom. The molecule has 0 saturated heterocycles. The molecular formula is C24H22F3N3O2. The van der Waals surface area contributed by atoms with Crippen LogP contribution in [0, 0.1) is 17.5 Å². The smallest absolute Gasteiger partial charge is 0.251 e. The second kappa shape index (κ2) is 9.40. The Kier molecular flexibility index (Phi) is 6.41. The van der Waals surface area contributed by atoms with Crippen LogP contribution in [0.5, 0.6) is 0 Å². The number of nitrogens with one attached hydrogen (secondary N) is 1. The second-order valence-electron chi connectivity index (χ2n) is 7.61. The molecule has 1 amide bonds. The zero-order valence-electron chi connectivity index (χ0n) is 17.2. The van der Waals surface area contributed by atoms with Crippen molar-refractivity contribution >= 4 is 17.4 Å². The van der Waals surface area contributed by atoms with Gasteiger partial charge >= 0.3 is 0 Å². The molecule has 1 aliphatic heterocycles. The van der Waals surface area contributed by atoms with E-state index in [9.17, 15) is 18.0 Å². The van der Waals surface area contributed by atoms with Gasteiger partial charge in [0.15, 0.2) is 17.5 Å². The molecule has 1 aromatic heterocycles. The number of anilines is 2. The zero-order valence-corrected chi connectivity index (χ0v) is 17.2. The van der Waals surface area contributed by atoms with Gasteiger partial charge in [-0.25, -0.2) is 18.2 Å². The highest BCUT2D eigenvalue weighted by Crippen LogP contribution is 2.36. The summed E-state index contributed by atoms with van der Waals surface area (Å²) in [6.45, 7) is 1.05. The first-order valence-corrected chi connectivity index (χ1v) is 10.3. The minimum absolute atomic E-state index is 0.0141. The first-order chi connectivity index (χ1) is 15.5. The van der Waals surface area contributed by atoms with Crippen LogP contribution in [0.25, 0.3) is 0 Å². The molecule has 0 spiro atoms. The zero-order chi connectivity index (χ0) is 22.7. The molecule has 0 atom stereocenters. The van der Waals surface area contributed by atoms with Crippen LogP contribution in [0.15, 0.2) is 48.7 Å². The fourth-order valence-corrected chi connectivity index (χ4v) is 3.93. The Labute approximate surface area is 183 Å². The Balaban J connectivity index is 1.57. The summed E-state index contributed by atoms with van der Waals surface area (Å²) in [4.78, 5) is 19.0. The van der Waals surface area contributed by atoms with E-state index in [-0.39, 0.29) is 18.9 Å². The molecule has 8 heteroatoms. The van der Waals surface area contributed by atoms with Crippen molar-refractivity contribution in [3.63, 3.8) is 0 Å². The van der Waals surface area contributed by atoms with E-state index in [1.54, 1.807) is 18.3 Å². The highest BCUT2D eigenvalue weighted by molar-refractivity contribution is 5.98. The summed E-state index contributed by atoms with van der Waals surface area (Å²) >= 11 is 0. The summed E-state index contributed by atoms with van der Waals surface area (Å²) in [6, 6.07) is 11.1. The number of aromatic nitrogens is 1. The van der Waals surface area contributed by atoms with Gasteiger partial charge in [0.1, 0.15) is 5.82 Å². The molecule has 2 aromatic carbocycles. The number of pyridine rings is 1. The average Bonchev–Trinajstić information content (AvgIpc) is 3.22. The molecule has 32 heavy (non-hydrogen) atoms. The van der Waals surface area contributed by atoms with Gasteiger partial charge in [0, 0.05) is 37.1 Å². The number of nitrogens with zero attached hydrogens (tertiary/aromatic N) is 2. The highest BCUT2D eigenvalue weighted by atomic mass is 19.2. The maximum atomic E-state index is 13.6. The van der Waals surface area contributed by atoms with Crippen molar-refractivity contribution in [2.24, 2.45) is 0 Å². The van der Waals surface area contributed by atoms with Crippen LogP contribution in [0.2, 0.25) is 0 Å². The van der Waals surface area contributed by atoms with Gasteiger partial charge in [0.05, 0.1) is 0 Å². The van der Waals surface area contributed by atoms with E-state index < -0.39 is 17.5 Å². The van der Waals surface area contributed by atoms with E-state index in [0.29, 0.717) is 42.9 Å². The minimum Gasteiger partial charge on any atom is -0.396 e. The molecule has 3 aromatic rings. The molecule has 4 rings (SSSR count). The SMILES string of the molecule is O=C(NCCCO)c1cccc2c1CCN2c1cc(Cc2cc(F)c(F)c(F)c2)ccn1. The van der Waals surface area contributed by atoms with Crippen LogP contribution >= 0.6 is 0 Å². The average molecular weight is 441 g/mol. The molecule has 166 valence electrons. The van der Waals surface area contributed by atoms with Crippen molar-refractivity contribution in [2.75, 3.05) is 24.6 Å². The van der Waals surface area contributed by atoms with E-state index in [4.69, 9.17) is 5.11 Å². The Morgan fingerprint density at radius 2 is 1.88 bits per heavy atom. The molecule has 0 aliphatic carbocycles. The largest absolute Gasteiger partial charge is 0.396 e. The number of rotatable bonds is 7. The van der Waals surface area contributed by atoms with Crippen molar-refractivity contribution in [3.8, 4) is 0 Å². The van der Waals surface area contributed by atoms with Gasteiger partial charge in [-0.1, -0.05) is 6.07 Å². The summed E-state index contributed by atoms with van der Waals surface area (Å²) in [5.41, 5.74) is 3.48. The second-order valence-corrected chi connectivity index (χ2v) is 7.61. The highest BCUT2D eigenvalue weighted by Gasteiger charge is 2.26. The number of aliphatic hydroxyl groups is 1.